The third-order valence-electron chi connectivity index (χ3n) is 6.41. The molecule has 1 aliphatic rings. The highest BCUT2D eigenvalue weighted by molar-refractivity contribution is 6.18. The number of rotatable bonds is 6. The summed E-state index contributed by atoms with van der Waals surface area (Å²) < 4.78 is 31.5. The number of hydrogen-bond donors (Lipinski definition) is 0. The molecule has 0 N–H and O–H groups in total. The van der Waals surface area contributed by atoms with Crippen molar-refractivity contribution in [2.24, 2.45) is 7.05 Å². The number of aromatic nitrogens is 2. The zero-order chi connectivity index (χ0) is 28.3. The van der Waals surface area contributed by atoms with Gasteiger partial charge in [-0.25, -0.2) is 23.2 Å². The average molecular weight is 534 g/mol. The second-order valence-corrected chi connectivity index (χ2v) is 9.29. The van der Waals surface area contributed by atoms with Crippen molar-refractivity contribution in [3.05, 3.63) is 87.7 Å². The van der Waals surface area contributed by atoms with Gasteiger partial charge < -0.3 is 14.6 Å². The summed E-state index contributed by atoms with van der Waals surface area (Å²) in [6.45, 7) is 1.47. The molecule has 2 heterocycles. The molecular formula is C28H25F2N5O4. The van der Waals surface area contributed by atoms with Crippen LogP contribution in [0.1, 0.15) is 24.5 Å². The monoisotopic (exact) mass is 533 g/mol. The second kappa shape index (κ2) is 10.9. The van der Waals surface area contributed by atoms with Crippen LogP contribution in [0.4, 0.5) is 25.1 Å². The van der Waals surface area contributed by atoms with Gasteiger partial charge in [-0.3, -0.25) is 9.59 Å². The minimum atomic E-state index is -1.53. The fourth-order valence-corrected chi connectivity index (χ4v) is 4.18. The summed E-state index contributed by atoms with van der Waals surface area (Å²) in [5.41, 5.74) is -2.00. The lowest BCUT2D eigenvalue weighted by Gasteiger charge is -2.44. The van der Waals surface area contributed by atoms with Crippen molar-refractivity contribution in [3.63, 3.8) is 0 Å². The number of halogens is 2. The van der Waals surface area contributed by atoms with Crippen molar-refractivity contribution in [1.82, 2.24) is 14.7 Å². The third-order valence-corrected chi connectivity index (χ3v) is 6.41. The van der Waals surface area contributed by atoms with E-state index in [0.29, 0.717) is 22.6 Å². The minimum absolute atomic E-state index is 0.0236. The Morgan fingerprint density at radius 2 is 1.67 bits per heavy atom. The molecule has 1 aromatic heterocycles. The van der Waals surface area contributed by atoms with Gasteiger partial charge in [-0.1, -0.05) is 30.0 Å². The van der Waals surface area contributed by atoms with Gasteiger partial charge >= 0.3 is 6.03 Å². The lowest BCUT2D eigenvalue weighted by Crippen LogP contribution is -2.65. The van der Waals surface area contributed by atoms with Crippen molar-refractivity contribution in [3.8, 4) is 11.8 Å². The van der Waals surface area contributed by atoms with Gasteiger partial charge in [0.25, 0.3) is 5.56 Å². The molecule has 11 heteroatoms. The van der Waals surface area contributed by atoms with Crippen molar-refractivity contribution in [2.45, 2.75) is 18.9 Å². The number of aldehydes is 1. The number of imide groups is 1. The molecule has 1 atom stereocenters. The molecule has 1 saturated heterocycles. The van der Waals surface area contributed by atoms with Crippen LogP contribution in [0.2, 0.25) is 0 Å². The summed E-state index contributed by atoms with van der Waals surface area (Å²) in [5.74, 6) is 2.69. The summed E-state index contributed by atoms with van der Waals surface area (Å²) in [7, 11) is 3.15. The van der Waals surface area contributed by atoms with E-state index in [1.54, 1.807) is 36.2 Å². The summed E-state index contributed by atoms with van der Waals surface area (Å²) in [5, 5.41) is 4.13. The van der Waals surface area contributed by atoms with Crippen LogP contribution in [0.25, 0.3) is 0 Å². The van der Waals surface area contributed by atoms with E-state index in [4.69, 9.17) is 0 Å². The molecule has 2 aromatic carbocycles. The molecular weight excluding hydrogens is 508 g/mol. The number of benzene rings is 2. The van der Waals surface area contributed by atoms with Crippen molar-refractivity contribution >= 4 is 29.7 Å². The molecule has 0 radical (unpaired) electrons. The Morgan fingerprint density at radius 3 is 2.28 bits per heavy atom. The highest BCUT2D eigenvalue weighted by atomic mass is 19.1. The van der Waals surface area contributed by atoms with E-state index in [0.717, 1.165) is 21.7 Å². The summed E-state index contributed by atoms with van der Waals surface area (Å²) >= 11 is 0. The largest absolute Gasteiger partial charge is 0.356 e. The van der Waals surface area contributed by atoms with E-state index >= 15 is 8.78 Å². The van der Waals surface area contributed by atoms with Gasteiger partial charge in [0, 0.05) is 44.4 Å². The van der Waals surface area contributed by atoms with Crippen LogP contribution in [0.5, 0.6) is 0 Å². The Kier molecular flexibility index (Phi) is 7.58. The smallest absolute Gasteiger partial charge is 0.332 e. The first-order valence-electron chi connectivity index (χ1n) is 12.0. The maximum absolute atomic E-state index is 15.2. The number of anilines is 2. The van der Waals surface area contributed by atoms with E-state index in [-0.39, 0.29) is 24.2 Å². The van der Waals surface area contributed by atoms with Crippen molar-refractivity contribution < 1.29 is 23.2 Å². The van der Waals surface area contributed by atoms with Crippen LogP contribution >= 0.6 is 0 Å². The van der Waals surface area contributed by atoms with E-state index in [2.05, 4.69) is 16.9 Å². The molecule has 1 unspecified atom stereocenters. The Labute approximate surface area is 223 Å². The van der Waals surface area contributed by atoms with E-state index in [1.165, 1.54) is 26.1 Å². The normalized spacial score (nSPS) is 17.1. The predicted molar refractivity (Wildman–Crippen MR) is 140 cm³/mol. The minimum Gasteiger partial charge on any atom is -0.356 e. The molecule has 1 fully saturated rings. The molecule has 1 aliphatic heterocycles. The van der Waals surface area contributed by atoms with Crippen LogP contribution in [-0.2, 0) is 16.6 Å². The molecule has 0 bridgehead atoms. The van der Waals surface area contributed by atoms with Gasteiger partial charge in [0.15, 0.2) is 11.6 Å². The highest BCUT2D eigenvalue weighted by Gasteiger charge is 2.48. The predicted octanol–water partition coefficient (Wildman–Crippen LogP) is 2.71. The lowest BCUT2D eigenvalue weighted by molar-refractivity contribution is -0.128. The Balaban J connectivity index is 1.62. The van der Waals surface area contributed by atoms with Gasteiger partial charge in [-0.15, -0.1) is 0 Å². The van der Waals surface area contributed by atoms with E-state index in [9.17, 15) is 19.2 Å². The zero-order valence-electron chi connectivity index (χ0n) is 21.5. The number of carbonyl (C=O) groups excluding carboxylic acids is 3. The summed E-state index contributed by atoms with van der Waals surface area (Å²) in [6, 6.07) is 12.5. The van der Waals surface area contributed by atoms with Crippen LogP contribution < -0.4 is 15.4 Å². The number of urea groups is 1. The molecule has 0 saturated carbocycles. The van der Waals surface area contributed by atoms with Crippen LogP contribution in [0, 0.1) is 23.5 Å². The molecule has 3 aromatic rings. The maximum atomic E-state index is 15.2. The van der Waals surface area contributed by atoms with Gasteiger partial charge in [0.2, 0.25) is 5.91 Å². The zero-order valence-corrected chi connectivity index (χ0v) is 21.5. The SMILES string of the molecule is CN(CCN1C(=O)N(c2c(F)cc(C#Cc3ccccc3)cc2F)C(=O)CC1(C)C=O)c1ccc(=O)n(C)n1. The standard InChI is InChI=1S/C28H25F2N5O4/c1-28(18-36)17-25(38)35(27(39)34(28)14-13-32(2)23-11-12-24(37)33(3)31-23)26-21(29)15-20(16-22(26)30)10-9-19-7-5-4-6-8-19/h4-8,11-12,15-16,18H,13-14,17H2,1-3H3. The van der Waals surface area contributed by atoms with Crippen molar-refractivity contribution in [1.29, 1.82) is 0 Å². The van der Waals surface area contributed by atoms with Crippen LogP contribution in [0.3, 0.4) is 0 Å². The number of hydrogen-bond acceptors (Lipinski definition) is 6. The van der Waals surface area contributed by atoms with Gasteiger partial charge in [0.05, 0.1) is 6.42 Å². The first-order chi connectivity index (χ1) is 18.5. The molecule has 200 valence electrons. The van der Waals surface area contributed by atoms with Crippen LogP contribution in [-0.4, -0.2) is 58.6 Å². The maximum Gasteiger partial charge on any atom is 0.332 e. The number of nitrogens with zero attached hydrogens (tertiary/aromatic N) is 5. The molecule has 0 aliphatic carbocycles. The molecule has 0 spiro atoms. The average Bonchev–Trinajstić information content (AvgIpc) is 2.90. The quantitative estimate of drug-likeness (QED) is 0.357. The molecule has 39 heavy (non-hydrogen) atoms. The number of aryl methyl sites for hydroxylation is 1. The van der Waals surface area contributed by atoms with Gasteiger partial charge in [-0.2, -0.15) is 5.10 Å². The lowest BCUT2D eigenvalue weighted by atomic mass is 9.93. The summed E-state index contributed by atoms with van der Waals surface area (Å²) in [4.78, 5) is 53.2. The topological polar surface area (TPSA) is 95.8 Å². The summed E-state index contributed by atoms with van der Waals surface area (Å²) in [6.07, 6.45) is -0.00190. The van der Waals surface area contributed by atoms with E-state index in [1.807, 2.05) is 6.07 Å². The number of amides is 3. The third kappa shape index (κ3) is 5.55. The Bertz CT molecular complexity index is 1540. The molecule has 9 nitrogen and oxygen atoms in total. The van der Waals surface area contributed by atoms with Crippen LogP contribution in [0.15, 0.2) is 59.4 Å². The highest BCUT2D eigenvalue weighted by Crippen LogP contribution is 2.33. The van der Waals surface area contributed by atoms with E-state index < -0.39 is 41.2 Å². The second-order valence-electron chi connectivity index (χ2n) is 9.29. The molecule has 3 amide bonds. The Hall–Kier alpha value is -4.85. The Morgan fingerprint density at radius 1 is 1.03 bits per heavy atom. The fraction of sp³-hybridized carbons (Fsp3) is 0.250. The number of likely N-dealkylation sites (N-methyl/N-ethyl adjacent to an activating group) is 1. The number of carbonyl (C=O) groups is 3. The van der Waals surface area contributed by atoms with Gasteiger partial charge in [0.1, 0.15) is 23.3 Å². The fourth-order valence-electron chi connectivity index (χ4n) is 4.18. The van der Waals surface area contributed by atoms with Crippen molar-refractivity contribution in [2.75, 3.05) is 29.9 Å². The first kappa shape index (κ1) is 27.2. The van der Waals surface area contributed by atoms with Gasteiger partial charge in [-0.05, 0) is 37.3 Å². The molecule has 4 rings (SSSR count). The first-order valence-corrected chi connectivity index (χ1v) is 12.0.